The quantitative estimate of drug-likeness (QED) is 0.708. The minimum Gasteiger partial charge on any atom is -0.489 e. The largest absolute Gasteiger partial charge is 0.489 e. The van der Waals surface area contributed by atoms with Gasteiger partial charge in [0.05, 0.1) is 17.9 Å². The van der Waals surface area contributed by atoms with Crippen molar-refractivity contribution in [2.45, 2.75) is 18.9 Å². The van der Waals surface area contributed by atoms with Crippen LogP contribution in [-0.2, 0) is 11.3 Å². The third kappa shape index (κ3) is 2.92. The van der Waals surface area contributed by atoms with E-state index in [0.29, 0.717) is 30.3 Å². The minimum atomic E-state index is -0.180. The molecule has 0 bridgehead atoms. The Morgan fingerprint density at radius 3 is 3.24 bits per heavy atom. The maximum absolute atomic E-state index is 12.3. The van der Waals surface area contributed by atoms with Crippen molar-refractivity contribution >= 4 is 33.8 Å². The van der Waals surface area contributed by atoms with Crippen molar-refractivity contribution < 1.29 is 9.53 Å². The molecule has 1 aliphatic rings. The fraction of sp³-hybridized carbons (Fsp3) is 0.222. The van der Waals surface area contributed by atoms with Crippen molar-refractivity contribution in [1.82, 2.24) is 14.7 Å². The molecule has 0 saturated carbocycles. The number of nitrogens with one attached hydrogen (secondary N) is 1. The lowest BCUT2D eigenvalue weighted by molar-refractivity contribution is -0.121. The second-order valence-electron chi connectivity index (χ2n) is 5.81. The average Bonchev–Trinajstić information content (AvgIpc) is 3.13. The lowest BCUT2D eigenvalue weighted by Gasteiger charge is -2.19. The van der Waals surface area contributed by atoms with Crippen molar-refractivity contribution in [3.63, 3.8) is 0 Å². The monoisotopic (exact) mass is 373 g/mol. The molecule has 4 rings (SSSR count). The molecule has 5 nitrogen and oxygen atoms in total. The summed E-state index contributed by atoms with van der Waals surface area (Å²) < 4.78 is 7.88. The Hall–Kier alpha value is -2.31. The van der Waals surface area contributed by atoms with E-state index in [1.165, 1.54) is 0 Å². The van der Waals surface area contributed by atoms with Gasteiger partial charge in [0.2, 0.25) is 5.91 Å². The molecule has 2 aromatic heterocycles. The Labute approximate surface area is 153 Å². The summed E-state index contributed by atoms with van der Waals surface area (Å²) in [6.07, 6.45) is 4.00. The number of rotatable bonds is 4. The van der Waals surface area contributed by atoms with Gasteiger partial charge in [-0.25, -0.2) is 4.98 Å². The molecule has 7 heteroatoms. The molecule has 1 atom stereocenters. The van der Waals surface area contributed by atoms with Gasteiger partial charge in [0, 0.05) is 34.5 Å². The smallest absolute Gasteiger partial charge is 0.221 e. The van der Waals surface area contributed by atoms with Crippen LogP contribution in [0.15, 0.2) is 42.4 Å². The Kier molecular flexibility index (Phi) is 4.23. The van der Waals surface area contributed by atoms with Crippen LogP contribution < -0.4 is 10.1 Å². The summed E-state index contributed by atoms with van der Waals surface area (Å²) in [6, 6.07) is 5.51. The van der Waals surface area contributed by atoms with Crippen molar-refractivity contribution in [2.75, 3.05) is 6.61 Å². The summed E-state index contributed by atoms with van der Waals surface area (Å²) in [5.41, 5.74) is 2.79. The van der Waals surface area contributed by atoms with Gasteiger partial charge in [-0.2, -0.15) is 0 Å². The number of carbonyl (C=O) groups excluding carboxylic acids is 1. The zero-order valence-electron chi connectivity index (χ0n) is 13.4. The van der Waals surface area contributed by atoms with Gasteiger partial charge < -0.3 is 10.1 Å². The Morgan fingerprint density at radius 2 is 2.40 bits per heavy atom. The van der Waals surface area contributed by atoms with Crippen LogP contribution in [0, 0.1) is 0 Å². The van der Waals surface area contributed by atoms with E-state index in [2.05, 4.69) is 21.3 Å². The summed E-state index contributed by atoms with van der Waals surface area (Å²) in [4.78, 5) is 17.9. The molecule has 0 fully saturated rings. The normalized spacial score (nSPS) is 17.0. The van der Waals surface area contributed by atoms with Gasteiger partial charge in [0.25, 0.3) is 0 Å². The summed E-state index contributed by atoms with van der Waals surface area (Å²) >= 11 is 7.82. The van der Waals surface area contributed by atoms with Crippen LogP contribution in [0.1, 0.15) is 29.3 Å². The first-order chi connectivity index (χ1) is 12.2. The molecular formula is C18H16ClN3O2S. The van der Waals surface area contributed by atoms with Gasteiger partial charge in [-0.1, -0.05) is 24.3 Å². The first-order valence-corrected chi connectivity index (χ1v) is 9.17. The highest BCUT2D eigenvalue weighted by molar-refractivity contribution is 7.15. The van der Waals surface area contributed by atoms with Gasteiger partial charge in [0.15, 0.2) is 4.96 Å². The summed E-state index contributed by atoms with van der Waals surface area (Å²) in [5.74, 6) is 0.516. The number of halogens is 1. The molecule has 1 amide bonds. The maximum Gasteiger partial charge on any atom is 0.221 e. The summed E-state index contributed by atoms with van der Waals surface area (Å²) in [5, 5.41) is 5.53. The average molecular weight is 374 g/mol. The topological polar surface area (TPSA) is 55.6 Å². The van der Waals surface area contributed by atoms with Crippen molar-refractivity contribution in [3.05, 3.63) is 64.4 Å². The van der Waals surface area contributed by atoms with E-state index in [9.17, 15) is 4.79 Å². The third-order valence-corrected chi connectivity index (χ3v) is 5.24. The SMILES string of the molecule is C=CCOc1ccc(Cl)cc1C1CC(=O)NCc2nc3sccn3c21. The van der Waals surface area contributed by atoms with Crippen LogP contribution in [0.25, 0.3) is 4.96 Å². The number of aromatic nitrogens is 2. The van der Waals surface area contributed by atoms with Gasteiger partial charge in [-0.15, -0.1) is 11.3 Å². The van der Waals surface area contributed by atoms with Crippen LogP contribution in [0.2, 0.25) is 5.02 Å². The van der Waals surface area contributed by atoms with E-state index < -0.39 is 0 Å². The number of benzene rings is 1. The van der Waals surface area contributed by atoms with Crippen molar-refractivity contribution in [3.8, 4) is 5.75 Å². The molecule has 128 valence electrons. The summed E-state index contributed by atoms with van der Waals surface area (Å²) in [6.45, 7) is 4.52. The number of hydrogen-bond donors (Lipinski definition) is 1. The van der Waals surface area contributed by atoms with E-state index in [-0.39, 0.29) is 11.8 Å². The maximum atomic E-state index is 12.3. The molecule has 0 spiro atoms. The number of nitrogens with zero attached hydrogens (tertiary/aromatic N) is 2. The van der Waals surface area contributed by atoms with Gasteiger partial charge in [-0.3, -0.25) is 9.20 Å². The predicted octanol–water partition coefficient (Wildman–Crippen LogP) is 3.77. The summed E-state index contributed by atoms with van der Waals surface area (Å²) in [7, 11) is 0. The number of fused-ring (bicyclic) bond motifs is 3. The molecule has 1 aromatic carbocycles. The fourth-order valence-corrected chi connectivity index (χ4v) is 4.13. The molecule has 1 aliphatic heterocycles. The van der Waals surface area contributed by atoms with Gasteiger partial charge >= 0.3 is 0 Å². The molecule has 3 aromatic rings. The van der Waals surface area contributed by atoms with Crippen LogP contribution in [0.3, 0.4) is 0 Å². The highest BCUT2D eigenvalue weighted by Gasteiger charge is 2.31. The standard InChI is InChI=1S/C18H16ClN3O2S/c1-2-6-24-15-4-3-11(19)8-12(15)13-9-16(23)20-10-14-17(13)22-5-7-25-18(22)21-14/h2-5,7-8,13H,1,6,9-10H2,(H,20,23). The van der Waals surface area contributed by atoms with E-state index in [1.807, 2.05) is 23.7 Å². The first kappa shape index (κ1) is 16.2. The van der Waals surface area contributed by atoms with E-state index >= 15 is 0 Å². The molecular weight excluding hydrogens is 358 g/mol. The molecule has 25 heavy (non-hydrogen) atoms. The number of thiazole rings is 1. The van der Waals surface area contributed by atoms with Crippen LogP contribution in [0.5, 0.6) is 5.75 Å². The highest BCUT2D eigenvalue weighted by atomic mass is 35.5. The highest BCUT2D eigenvalue weighted by Crippen LogP contribution is 2.39. The molecule has 1 N–H and O–H groups in total. The zero-order chi connectivity index (χ0) is 17.4. The molecule has 0 radical (unpaired) electrons. The Bertz CT molecular complexity index is 963. The number of ether oxygens (including phenoxy) is 1. The molecule has 0 aliphatic carbocycles. The molecule has 1 unspecified atom stereocenters. The number of hydrogen-bond acceptors (Lipinski definition) is 4. The van der Waals surface area contributed by atoms with Crippen LogP contribution >= 0.6 is 22.9 Å². The first-order valence-electron chi connectivity index (χ1n) is 7.91. The Balaban J connectivity index is 1.90. The fourth-order valence-electron chi connectivity index (χ4n) is 3.21. The van der Waals surface area contributed by atoms with Crippen LogP contribution in [0.4, 0.5) is 0 Å². The minimum absolute atomic E-state index is 0.0124. The molecule has 3 heterocycles. The predicted molar refractivity (Wildman–Crippen MR) is 98.5 cm³/mol. The van der Waals surface area contributed by atoms with Crippen molar-refractivity contribution in [2.24, 2.45) is 0 Å². The lowest BCUT2D eigenvalue weighted by atomic mass is 9.91. The van der Waals surface area contributed by atoms with Crippen LogP contribution in [-0.4, -0.2) is 21.9 Å². The number of imidazole rings is 1. The number of amides is 1. The zero-order valence-corrected chi connectivity index (χ0v) is 14.9. The second kappa shape index (κ2) is 6.54. The lowest BCUT2D eigenvalue weighted by Crippen LogP contribution is -2.21. The van der Waals surface area contributed by atoms with E-state index in [0.717, 1.165) is 21.9 Å². The molecule has 0 saturated heterocycles. The number of carbonyl (C=O) groups is 1. The van der Waals surface area contributed by atoms with Crippen molar-refractivity contribution in [1.29, 1.82) is 0 Å². The third-order valence-electron chi connectivity index (χ3n) is 4.25. The second-order valence-corrected chi connectivity index (χ2v) is 7.12. The van der Waals surface area contributed by atoms with E-state index in [4.69, 9.17) is 16.3 Å². The Morgan fingerprint density at radius 1 is 1.52 bits per heavy atom. The van der Waals surface area contributed by atoms with E-state index in [1.54, 1.807) is 23.5 Å². The van der Waals surface area contributed by atoms with Gasteiger partial charge in [0.1, 0.15) is 12.4 Å². The van der Waals surface area contributed by atoms with Gasteiger partial charge in [-0.05, 0) is 18.2 Å².